The third-order valence-corrected chi connectivity index (χ3v) is 5.58. The lowest BCUT2D eigenvalue weighted by atomic mass is 10.1. The first-order chi connectivity index (χ1) is 11.9. The number of ether oxygens (including phenoxy) is 1. The van der Waals surface area contributed by atoms with Crippen LogP contribution >= 0.6 is 0 Å². The molecule has 0 aliphatic rings. The first-order valence-corrected chi connectivity index (χ1v) is 9.28. The van der Waals surface area contributed by atoms with Gasteiger partial charge in [0.25, 0.3) is 10.0 Å². The van der Waals surface area contributed by atoms with E-state index in [0.717, 1.165) is 15.6 Å². The molecule has 0 aliphatic carbocycles. The molecular formula is C18H19FN2O3S. The van der Waals surface area contributed by atoms with E-state index in [1.54, 1.807) is 12.1 Å². The number of fused-ring (bicyclic) bond motifs is 1. The maximum atomic E-state index is 14.0. The molecule has 0 atom stereocenters. The van der Waals surface area contributed by atoms with Crippen LogP contribution in [0.5, 0.6) is 5.75 Å². The quantitative estimate of drug-likeness (QED) is 0.685. The average molecular weight is 362 g/mol. The van der Waals surface area contributed by atoms with E-state index in [9.17, 15) is 12.8 Å². The standard InChI is InChI=1S/C18H19FN2O3S/c1-13-11-16-14(17(12-13)24-10-8-20-2)7-9-21(16)25(22,23)18-6-4-3-5-15(18)19/h3-7,9,11-12,20H,8,10H2,1-2H3. The summed E-state index contributed by atoms with van der Waals surface area (Å²) in [5.74, 6) is -0.171. The Balaban J connectivity index is 2.14. The summed E-state index contributed by atoms with van der Waals surface area (Å²) < 4.78 is 46.6. The summed E-state index contributed by atoms with van der Waals surface area (Å²) in [5.41, 5.74) is 1.32. The van der Waals surface area contributed by atoms with E-state index in [4.69, 9.17) is 4.74 Å². The topological polar surface area (TPSA) is 60.3 Å². The number of likely N-dealkylation sites (N-methyl/N-ethyl adjacent to an activating group) is 1. The van der Waals surface area contributed by atoms with Gasteiger partial charge >= 0.3 is 0 Å². The van der Waals surface area contributed by atoms with Gasteiger partial charge < -0.3 is 10.1 Å². The molecule has 0 amide bonds. The first-order valence-electron chi connectivity index (χ1n) is 7.84. The molecule has 1 aromatic heterocycles. The van der Waals surface area contributed by atoms with E-state index < -0.39 is 15.8 Å². The van der Waals surface area contributed by atoms with Crippen molar-refractivity contribution in [1.29, 1.82) is 0 Å². The predicted octanol–water partition coefficient (Wildman–Crippen LogP) is 2.92. The maximum Gasteiger partial charge on any atom is 0.271 e. The van der Waals surface area contributed by atoms with Crippen LogP contribution < -0.4 is 10.1 Å². The van der Waals surface area contributed by atoms with Crippen molar-refractivity contribution in [2.75, 3.05) is 20.2 Å². The Kier molecular flexibility index (Phi) is 4.78. The average Bonchev–Trinajstić information content (AvgIpc) is 2.99. The molecule has 25 heavy (non-hydrogen) atoms. The summed E-state index contributed by atoms with van der Waals surface area (Å²) in [6, 6.07) is 10.6. The molecular weight excluding hydrogens is 343 g/mol. The van der Waals surface area contributed by atoms with Crippen molar-refractivity contribution in [2.45, 2.75) is 11.8 Å². The van der Waals surface area contributed by atoms with Gasteiger partial charge in [-0.25, -0.2) is 16.8 Å². The highest BCUT2D eigenvalue weighted by Crippen LogP contribution is 2.31. The van der Waals surface area contributed by atoms with Crippen LogP contribution in [0.1, 0.15) is 5.56 Å². The number of nitrogens with zero attached hydrogens (tertiary/aromatic N) is 1. The van der Waals surface area contributed by atoms with Gasteiger partial charge in [0.15, 0.2) is 0 Å². The fraction of sp³-hybridized carbons (Fsp3) is 0.222. The zero-order chi connectivity index (χ0) is 18.0. The monoisotopic (exact) mass is 362 g/mol. The summed E-state index contributed by atoms with van der Waals surface area (Å²) in [7, 11) is -2.21. The number of aromatic nitrogens is 1. The van der Waals surface area contributed by atoms with Gasteiger partial charge in [0.1, 0.15) is 23.1 Å². The van der Waals surface area contributed by atoms with Crippen molar-refractivity contribution >= 4 is 20.9 Å². The van der Waals surface area contributed by atoms with Crippen LogP contribution in [0.2, 0.25) is 0 Å². The van der Waals surface area contributed by atoms with Crippen LogP contribution in [0, 0.1) is 12.7 Å². The second-order valence-electron chi connectivity index (χ2n) is 5.69. The summed E-state index contributed by atoms with van der Waals surface area (Å²) in [6.07, 6.45) is 1.43. The summed E-state index contributed by atoms with van der Waals surface area (Å²) in [4.78, 5) is -0.355. The van der Waals surface area contributed by atoms with Crippen LogP contribution in [-0.2, 0) is 10.0 Å². The summed E-state index contributed by atoms with van der Waals surface area (Å²) >= 11 is 0. The van der Waals surface area contributed by atoms with Gasteiger partial charge in [-0.2, -0.15) is 0 Å². The number of rotatable bonds is 6. The van der Waals surface area contributed by atoms with Crippen molar-refractivity contribution in [3.8, 4) is 5.75 Å². The van der Waals surface area contributed by atoms with E-state index in [-0.39, 0.29) is 4.90 Å². The van der Waals surface area contributed by atoms with Crippen LogP contribution in [0.3, 0.4) is 0 Å². The zero-order valence-corrected chi connectivity index (χ0v) is 14.8. The smallest absolute Gasteiger partial charge is 0.271 e. The molecule has 132 valence electrons. The molecule has 2 aromatic carbocycles. The van der Waals surface area contributed by atoms with Gasteiger partial charge in [0, 0.05) is 18.1 Å². The number of nitrogens with one attached hydrogen (secondary N) is 1. The lowest BCUT2D eigenvalue weighted by molar-refractivity contribution is 0.322. The van der Waals surface area contributed by atoms with Gasteiger partial charge in [-0.3, -0.25) is 0 Å². The van der Waals surface area contributed by atoms with Crippen LogP contribution in [0.4, 0.5) is 4.39 Å². The number of halogens is 1. The van der Waals surface area contributed by atoms with E-state index in [1.165, 1.54) is 24.4 Å². The lowest BCUT2D eigenvalue weighted by Crippen LogP contribution is -2.16. The van der Waals surface area contributed by atoms with Crippen molar-refractivity contribution < 1.29 is 17.5 Å². The Labute approximate surface area is 146 Å². The van der Waals surface area contributed by atoms with Crippen LogP contribution in [0.25, 0.3) is 10.9 Å². The minimum Gasteiger partial charge on any atom is -0.492 e. The predicted molar refractivity (Wildman–Crippen MR) is 95.1 cm³/mol. The largest absolute Gasteiger partial charge is 0.492 e. The molecule has 1 heterocycles. The fourth-order valence-corrected chi connectivity index (χ4v) is 4.08. The van der Waals surface area contributed by atoms with Crippen LogP contribution in [0.15, 0.2) is 53.6 Å². The second kappa shape index (κ2) is 6.85. The second-order valence-corrected chi connectivity index (χ2v) is 7.48. The molecule has 1 N–H and O–H groups in total. The van der Waals surface area contributed by atoms with Gasteiger partial charge in [0.05, 0.1) is 5.52 Å². The Hall–Kier alpha value is -2.38. The van der Waals surface area contributed by atoms with Gasteiger partial charge in [-0.1, -0.05) is 12.1 Å². The van der Waals surface area contributed by atoms with Gasteiger partial charge in [0.2, 0.25) is 0 Å². The minimum absolute atomic E-state index is 0.355. The molecule has 0 spiro atoms. The molecule has 0 saturated heterocycles. The van der Waals surface area contributed by atoms with Crippen molar-refractivity contribution in [3.63, 3.8) is 0 Å². The third-order valence-electron chi connectivity index (χ3n) is 3.86. The molecule has 5 nitrogen and oxygen atoms in total. The van der Waals surface area contributed by atoms with E-state index >= 15 is 0 Å². The minimum atomic E-state index is -4.04. The Morgan fingerprint density at radius 2 is 1.96 bits per heavy atom. The van der Waals surface area contributed by atoms with Crippen molar-refractivity contribution in [3.05, 3.63) is 60.0 Å². The first kappa shape index (κ1) is 17.4. The SMILES string of the molecule is CNCCOc1cc(C)cc2c1ccn2S(=O)(=O)c1ccccc1F. The molecule has 0 saturated carbocycles. The highest BCUT2D eigenvalue weighted by atomic mass is 32.2. The number of benzene rings is 2. The molecule has 0 fully saturated rings. The number of hydrogen-bond donors (Lipinski definition) is 1. The number of aryl methyl sites for hydroxylation is 1. The highest BCUT2D eigenvalue weighted by Gasteiger charge is 2.23. The van der Waals surface area contributed by atoms with E-state index in [2.05, 4.69) is 5.32 Å². The van der Waals surface area contributed by atoms with Crippen molar-refractivity contribution in [1.82, 2.24) is 9.29 Å². The molecule has 0 unspecified atom stereocenters. The Bertz CT molecular complexity index is 1010. The zero-order valence-electron chi connectivity index (χ0n) is 14.0. The molecule has 7 heteroatoms. The summed E-state index contributed by atoms with van der Waals surface area (Å²) in [5, 5.41) is 3.66. The third kappa shape index (κ3) is 3.25. The Morgan fingerprint density at radius 1 is 1.20 bits per heavy atom. The molecule has 0 aliphatic heterocycles. The normalized spacial score (nSPS) is 11.8. The highest BCUT2D eigenvalue weighted by molar-refractivity contribution is 7.90. The van der Waals surface area contributed by atoms with E-state index in [1.807, 2.05) is 20.0 Å². The molecule has 0 bridgehead atoms. The summed E-state index contributed by atoms with van der Waals surface area (Å²) in [6.45, 7) is 2.99. The lowest BCUT2D eigenvalue weighted by Gasteiger charge is -2.11. The molecule has 0 radical (unpaired) electrons. The fourth-order valence-electron chi connectivity index (χ4n) is 2.67. The van der Waals surface area contributed by atoms with E-state index in [0.29, 0.717) is 29.8 Å². The Morgan fingerprint density at radius 3 is 2.68 bits per heavy atom. The number of hydrogen-bond acceptors (Lipinski definition) is 4. The van der Waals surface area contributed by atoms with Crippen LogP contribution in [-0.4, -0.2) is 32.6 Å². The molecule has 3 aromatic rings. The maximum absolute atomic E-state index is 14.0. The molecule has 3 rings (SSSR count). The van der Waals surface area contributed by atoms with Crippen molar-refractivity contribution in [2.24, 2.45) is 0 Å². The van der Waals surface area contributed by atoms with Gasteiger partial charge in [-0.15, -0.1) is 0 Å². The van der Waals surface area contributed by atoms with Gasteiger partial charge in [-0.05, 0) is 49.9 Å².